The maximum Gasteiger partial charge on any atom is 0.232 e. The maximum absolute atomic E-state index is 12.5. The summed E-state index contributed by atoms with van der Waals surface area (Å²) in [6.07, 6.45) is 7.76. The van der Waals surface area contributed by atoms with Crippen molar-refractivity contribution in [2.45, 2.75) is 44.9 Å². The summed E-state index contributed by atoms with van der Waals surface area (Å²) in [5.41, 5.74) is 1.78. The Balaban J connectivity index is 2.03. The van der Waals surface area contributed by atoms with Gasteiger partial charge < -0.3 is 4.42 Å². The SMILES string of the molecule is C/C=C\C(=C/CC)CCC(=O)NS(=O)c1cccc(-c2ccc(C(C)=O)o2)c1. The molecule has 0 spiro atoms. The fraction of sp³-hybridized carbons (Fsp3) is 0.273. The van der Waals surface area contributed by atoms with E-state index in [9.17, 15) is 13.8 Å². The average Bonchev–Trinajstić information content (AvgIpc) is 3.17. The minimum Gasteiger partial charge on any atom is -0.453 e. The first-order chi connectivity index (χ1) is 13.4. The van der Waals surface area contributed by atoms with Gasteiger partial charge in [0, 0.05) is 18.9 Å². The van der Waals surface area contributed by atoms with E-state index < -0.39 is 11.0 Å². The van der Waals surface area contributed by atoms with E-state index in [4.69, 9.17) is 4.42 Å². The van der Waals surface area contributed by atoms with Gasteiger partial charge in [0.25, 0.3) is 0 Å². The van der Waals surface area contributed by atoms with Crippen LogP contribution in [0.2, 0.25) is 0 Å². The van der Waals surface area contributed by atoms with Gasteiger partial charge in [-0.1, -0.05) is 42.9 Å². The van der Waals surface area contributed by atoms with Crippen molar-refractivity contribution in [3.8, 4) is 11.3 Å². The lowest BCUT2D eigenvalue weighted by Crippen LogP contribution is -2.25. The van der Waals surface area contributed by atoms with E-state index in [2.05, 4.69) is 10.8 Å². The third kappa shape index (κ3) is 6.16. The van der Waals surface area contributed by atoms with Crippen LogP contribution in [0.15, 0.2) is 69.5 Å². The Morgan fingerprint density at radius 1 is 1.18 bits per heavy atom. The Morgan fingerprint density at radius 3 is 2.61 bits per heavy atom. The Morgan fingerprint density at radius 2 is 1.96 bits per heavy atom. The summed E-state index contributed by atoms with van der Waals surface area (Å²) in [5, 5.41) is 0. The number of nitrogens with one attached hydrogen (secondary N) is 1. The third-order valence-electron chi connectivity index (χ3n) is 3.98. The predicted octanol–water partition coefficient (Wildman–Crippen LogP) is 4.98. The third-order valence-corrected chi connectivity index (χ3v) is 5.08. The molecule has 1 aromatic carbocycles. The van der Waals surface area contributed by atoms with E-state index in [-0.39, 0.29) is 23.9 Å². The van der Waals surface area contributed by atoms with Gasteiger partial charge in [-0.3, -0.25) is 14.3 Å². The highest BCUT2D eigenvalue weighted by molar-refractivity contribution is 7.83. The second-order valence-electron chi connectivity index (χ2n) is 6.23. The zero-order valence-electron chi connectivity index (χ0n) is 16.4. The molecular weight excluding hydrogens is 374 g/mol. The van der Waals surface area contributed by atoms with Gasteiger partial charge in [-0.05, 0) is 44.0 Å². The summed E-state index contributed by atoms with van der Waals surface area (Å²) in [6, 6.07) is 10.2. The number of carbonyl (C=O) groups excluding carboxylic acids is 2. The van der Waals surface area contributed by atoms with Gasteiger partial charge in [0.15, 0.2) is 22.5 Å². The van der Waals surface area contributed by atoms with Gasteiger partial charge >= 0.3 is 0 Å². The monoisotopic (exact) mass is 399 g/mol. The molecule has 1 atom stereocenters. The lowest BCUT2D eigenvalue weighted by atomic mass is 10.1. The fourth-order valence-corrected chi connectivity index (χ4v) is 3.51. The molecule has 148 valence electrons. The molecule has 1 heterocycles. The summed E-state index contributed by atoms with van der Waals surface area (Å²) < 4.78 is 20.6. The van der Waals surface area contributed by atoms with E-state index >= 15 is 0 Å². The molecule has 0 saturated carbocycles. The molecule has 1 unspecified atom stereocenters. The van der Waals surface area contributed by atoms with Crippen LogP contribution >= 0.6 is 0 Å². The number of hydrogen-bond acceptors (Lipinski definition) is 4. The van der Waals surface area contributed by atoms with Crippen LogP contribution in [0.3, 0.4) is 0 Å². The van der Waals surface area contributed by atoms with Gasteiger partial charge in [0.05, 0.1) is 4.90 Å². The molecule has 0 radical (unpaired) electrons. The molecule has 5 nitrogen and oxygen atoms in total. The molecule has 2 rings (SSSR count). The minimum atomic E-state index is -1.67. The molecule has 28 heavy (non-hydrogen) atoms. The van der Waals surface area contributed by atoms with E-state index in [1.807, 2.05) is 26.0 Å². The summed E-state index contributed by atoms with van der Waals surface area (Å²) in [6.45, 7) is 5.41. The molecule has 0 saturated heterocycles. The first kappa shape index (κ1) is 21.6. The van der Waals surface area contributed by atoms with Gasteiger partial charge in [0.1, 0.15) is 5.76 Å². The van der Waals surface area contributed by atoms with E-state index in [0.717, 1.165) is 12.0 Å². The highest BCUT2D eigenvalue weighted by Gasteiger charge is 2.12. The molecule has 0 bridgehead atoms. The highest BCUT2D eigenvalue weighted by atomic mass is 32.2. The Hall–Kier alpha value is -2.73. The van der Waals surface area contributed by atoms with Crippen molar-refractivity contribution in [2.24, 2.45) is 0 Å². The lowest BCUT2D eigenvalue weighted by molar-refractivity contribution is -0.119. The van der Waals surface area contributed by atoms with Crippen molar-refractivity contribution >= 4 is 22.7 Å². The van der Waals surface area contributed by atoms with Gasteiger partial charge in [-0.25, -0.2) is 4.21 Å². The largest absolute Gasteiger partial charge is 0.453 e. The second kappa shape index (κ2) is 10.6. The zero-order chi connectivity index (χ0) is 20.5. The molecular formula is C22H25NO4S. The first-order valence-electron chi connectivity index (χ1n) is 9.18. The second-order valence-corrected chi connectivity index (χ2v) is 7.44. The molecule has 1 N–H and O–H groups in total. The van der Waals surface area contributed by atoms with Gasteiger partial charge in [-0.2, -0.15) is 0 Å². The smallest absolute Gasteiger partial charge is 0.232 e. The number of Topliss-reactive ketones (excluding diaryl/α,β-unsaturated/α-hetero) is 1. The van der Waals surface area contributed by atoms with Crippen molar-refractivity contribution in [1.29, 1.82) is 0 Å². The quantitative estimate of drug-likeness (QED) is 0.476. The number of benzene rings is 1. The molecule has 1 amide bonds. The summed E-state index contributed by atoms with van der Waals surface area (Å²) in [5.74, 6) is 0.350. The molecule has 0 aliphatic carbocycles. The number of allylic oxidation sites excluding steroid dienone is 4. The van der Waals surface area contributed by atoms with Crippen LogP contribution in [0.1, 0.15) is 50.6 Å². The van der Waals surface area contributed by atoms with Crippen molar-refractivity contribution < 1.29 is 18.2 Å². The van der Waals surface area contributed by atoms with Gasteiger partial charge in [-0.15, -0.1) is 0 Å². The number of rotatable bonds is 9. The minimum absolute atomic E-state index is 0.160. The van der Waals surface area contributed by atoms with Crippen LogP contribution in [0.25, 0.3) is 11.3 Å². The molecule has 0 aliphatic rings. The van der Waals surface area contributed by atoms with Crippen LogP contribution in [0.5, 0.6) is 0 Å². The number of furan rings is 1. The fourth-order valence-electron chi connectivity index (χ4n) is 2.65. The van der Waals surface area contributed by atoms with Crippen molar-refractivity contribution in [2.75, 3.05) is 0 Å². The zero-order valence-corrected chi connectivity index (χ0v) is 17.2. The molecule has 6 heteroatoms. The molecule has 0 aliphatic heterocycles. The van der Waals surface area contributed by atoms with Gasteiger partial charge in [0.2, 0.25) is 5.91 Å². The normalized spacial score (nSPS) is 12.9. The van der Waals surface area contributed by atoms with Crippen LogP contribution in [-0.2, 0) is 15.8 Å². The molecule has 0 fully saturated rings. The topological polar surface area (TPSA) is 76.4 Å². The standard InChI is InChI=1S/C22H25NO4S/c1-4-7-17(8-5-2)11-14-22(25)23-28(26)19-10-6-9-18(15-19)21-13-12-20(27-21)16(3)24/h4,6-10,12-13,15H,5,11,14H2,1-3H3,(H,23,25)/b7-4-,17-8+. The first-order valence-corrected chi connectivity index (χ1v) is 10.3. The maximum atomic E-state index is 12.5. The van der Waals surface area contributed by atoms with Crippen LogP contribution in [-0.4, -0.2) is 15.9 Å². The van der Waals surface area contributed by atoms with Crippen LogP contribution in [0.4, 0.5) is 0 Å². The molecule has 1 aromatic heterocycles. The lowest BCUT2D eigenvalue weighted by Gasteiger charge is -2.07. The number of carbonyl (C=O) groups is 2. The summed E-state index contributed by atoms with van der Waals surface area (Å²) in [4.78, 5) is 24.0. The van der Waals surface area contributed by atoms with E-state index in [1.54, 1.807) is 36.4 Å². The van der Waals surface area contributed by atoms with E-state index in [0.29, 0.717) is 22.6 Å². The Kier molecular flexibility index (Phi) is 8.14. The predicted molar refractivity (Wildman–Crippen MR) is 111 cm³/mol. The number of hydrogen-bond donors (Lipinski definition) is 1. The van der Waals surface area contributed by atoms with Crippen molar-refractivity contribution in [1.82, 2.24) is 4.72 Å². The number of amides is 1. The average molecular weight is 400 g/mol. The van der Waals surface area contributed by atoms with Crippen LogP contribution in [0, 0.1) is 0 Å². The summed E-state index contributed by atoms with van der Waals surface area (Å²) in [7, 11) is -1.67. The summed E-state index contributed by atoms with van der Waals surface area (Å²) >= 11 is 0. The Labute approximate surface area is 168 Å². The highest BCUT2D eigenvalue weighted by Crippen LogP contribution is 2.24. The van der Waals surface area contributed by atoms with E-state index in [1.165, 1.54) is 6.92 Å². The number of ketones is 1. The Bertz CT molecular complexity index is 924. The molecule has 2 aromatic rings. The van der Waals surface area contributed by atoms with Crippen LogP contribution < -0.4 is 4.72 Å². The van der Waals surface area contributed by atoms with Crippen molar-refractivity contribution in [3.63, 3.8) is 0 Å². The van der Waals surface area contributed by atoms with Crippen molar-refractivity contribution in [3.05, 3.63) is 66.0 Å².